The first-order valence-corrected chi connectivity index (χ1v) is 11.9. The fourth-order valence-corrected chi connectivity index (χ4v) is 4.77. The molecule has 3 aromatic rings. The summed E-state index contributed by atoms with van der Waals surface area (Å²) >= 11 is 0. The third-order valence-electron chi connectivity index (χ3n) is 5.31. The van der Waals surface area contributed by atoms with Crippen LogP contribution < -0.4 is 14.4 Å². The predicted molar refractivity (Wildman–Crippen MR) is 128 cm³/mol. The Morgan fingerprint density at radius 2 is 1.45 bits per heavy atom. The minimum atomic E-state index is -3.99. The van der Waals surface area contributed by atoms with Crippen LogP contribution in [0.2, 0.25) is 0 Å². The first kappa shape index (κ1) is 24.3. The summed E-state index contributed by atoms with van der Waals surface area (Å²) in [5, 5.41) is 0. The molecule has 0 radical (unpaired) electrons. The first-order chi connectivity index (χ1) is 15.9. The van der Waals surface area contributed by atoms with E-state index in [0.717, 1.165) is 5.56 Å². The normalized spacial score (nSPS) is 11.3. The Morgan fingerprint density at radius 1 is 0.848 bits per heavy atom. The zero-order valence-corrected chi connectivity index (χ0v) is 19.8. The maximum atomic E-state index is 13.6. The van der Waals surface area contributed by atoms with E-state index in [1.165, 1.54) is 35.6 Å². The van der Waals surface area contributed by atoms with Crippen molar-refractivity contribution in [1.29, 1.82) is 0 Å². The number of rotatable bonds is 10. The summed E-state index contributed by atoms with van der Waals surface area (Å²) in [6, 6.07) is 23.1. The molecule has 174 valence electrons. The standard InChI is InChI=1S/C25H28N2O5S/c1-26(21-12-8-5-9-13-21)25(28)19-27(17-16-20-10-6-4-7-11-20)33(29,30)22-14-15-23(31-2)24(18-22)32-3/h4-15,18H,16-17,19H2,1-3H3. The third-order valence-corrected chi connectivity index (χ3v) is 7.16. The number of methoxy groups -OCH3 is 2. The van der Waals surface area contributed by atoms with Gasteiger partial charge in [0.05, 0.1) is 25.7 Å². The molecule has 0 N–H and O–H groups in total. The van der Waals surface area contributed by atoms with Crippen LogP contribution in [0.1, 0.15) is 5.56 Å². The molecule has 3 aromatic carbocycles. The number of likely N-dealkylation sites (N-methyl/N-ethyl adjacent to an activating group) is 1. The molecule has 3 rings (SSSR count). The van der Waals surface area contributed by atoms with E-state index in [2.05, 4.69) is 0 Å². The number of hydrogen-bond donors (Lipinski definition) is 0. The summed E-state index contributed by atoms with van der Waals surface area (Å²) < 4.78 is 38.9. The topological polar surface area (TPSA) is 76.2 Å². The molecule has 7 nitrogen and oxygen atoms in total. The van der Waals surface area contributed by atoms with Crippen molar-refractivity contribution in [2.24, 2.45) is 0 Å². The zero-order valence-electron chi connectivity index (χ0n) is 19.0. The van der Waals surface area contributed by atoms with Crippen LogP contribution in [-0.2, 0) is 21.2 Å². The summed E-state index contributed by atoms with van der Waals surface area (Å²) in [4.78, 5) is 14.5. The molecule has 0 fully saturated rings. The number of amides is 1. The zero-order chi connectivity index (χ0) is 23.8. The molecule has 0 saturated carbocycles. The van der Waals surface area contributed by atoms with E-state index in [9.17, 15) is 13.2 Å². The Kier molecular flexibility index (Phi) is 8.08. The molecule has 0 bridgehead atoms. The molecule has 0 saturated heterocycles. The Balaban J connectivity index is 1.90. The molecule has 0 aliphatic carbocycles. The van der Waals surface area contributed by atoms with Crippen molar-refractivity contribution in [3.63, 3.8) is 0 Å². The van der Waals surface area contributed by atoms with E-state index in [1.807, 2.05) is 48.5 Å². The van der Waals surface area contributed by atoms with Gasteiger partial charge in [-0.1, -0.05) is 48.5 Å². The van der Waals surface area contributed by atoms with Gasteiger partial charge in [0.15, 0.2) is 11.5 Å². The lowest BCUT2D eigenvalue weighted by molar-refractivity contribution is -0.118. The molecule has 1 amide bonds. The fourth-order valence-electron chi connectivity index (χ4n) is 3.36. The molecule has 0 unspecified atom stereocenters. The lowest BCUT2D eigenvalue weighted by Gasteiger charge is -2.25. The van der Waals surface area contributed by atoms with Gasteiger partial charge in [-0.05, 0) is 36.2 Å². The Bertz CT molecular complexity index is 1170. The van der Waals surface area contributed by atoms with Crippen molar-refractivity contribution in [2.75, 3.05) is 39.3 Å². The van der Waals surface area contributed by atoms with Crippen molar-refractivity contribution < 1.29 is 22.7 Å². The van der Waals surface area contributed by atoms with E-state index in [1.54, 1.807) is 25.2 Å². The van der Waals surface area contributed by atoms with Crippen LogP contribution in [0.25, 0.3) is 0 Å². The highest BCUT2D eigenvalue weighted by Crippen LogP contribution is 2.30. The number of hydrogen-bond acceptors (Lipinski definition) is 5. The van der Waals surface area contributed by atoms with Crippen LogP contribution in [0.15, 0.2) is 83.8 Å². The van der Waals surface area contributed by atoms with Crippen LogP contribution in [0, 0.1) is 0 Å². The molecule has 0 atom stereocenters. The van der Waals surface area contributed by atoms with Gasteiger partial charge in [0.1, 0.15) is 0 Å². The summed E-state index contributed by atoms with van der Waals surface area (Å²) in [7, 11) is 0.572. The van der Waals surface area contributed by atoms with E-state index < -0.39 is 10.0 Å². The average Bonchev–Trinajstić information content (AvgIpc) is 2.86. The van der Waals surface area contributed by atoms with Gasteiger partial charge in [-0.3, -0.25) is 4.79 Å². The summed E-state index contributed by atoms with van der Waals surface area (Å²) in [5.74, 6) is 0.389. The summed E-state index contributed by atoms with van der Waals surface area (Å²) in [6.07, 6.45) is 0.468. The summed E-state index contributed by atoms with van der Waals surface area (Å²) in [6.45, 7) is -0.149. The van der Waals surface area contributed by atoms with Crippen molar-refractivity contribution in [3.05, 3.63) is 84.4 Å². The minimum absolute atomic E-state index is 0.0309. The van der Waals surface area contributed by atoms with Crippen molar-refractivity contribution in [3.8, 4) is 11.5 Å². The maximum absolute atomic E-state index is 13.6. The average molecular weight is 469 g/mol. The second-order valence-corrected chi connectivity index (χ2v) is 9.32. The molecule has 0 heterocycles. The minimum Gasteiger partial charge on any atom is -0.493 e. The van der Waals surface area contributed by atoms with Crippen LogP contribution in [0.5, 0.6) is 11.5 Å². The number of sulfonamides is 1. The van der Waals surface area contributed by atoms with Crippen molar-refractivity contribution >= 4 is 21.6 Å². The van der Waals surface area contributed by atoms with Crippen LogP contribution in [-0.4, -0.2) is 53.0 Å². The van der Waals surface area contributed by atoms with Gasteiger partial charge in [-0.2, -0.15) is 4.31 Å². The quantitative estimate of drug-likeness (QED) is 0.454. The van der Waals surface area contributed by atoms with Gasteiger partial charge in [-0.15, -0.1) is 0 Å². The lowest BCUT2D eigenvalue weighted by atomic mass is 10.1. The van der Waals surface area contributed by atoms with E-state index in [0.29, 0.717) is 23.6 Å². The molecule has 0 aromatic heterocycles. The highest BCUT2D eigenvalue weighted by Gasteiger charge is 2.29. The van der Waals surface area contributed by atoms with Crippen molar-refractivity contribution in [2.45, 2.75) is 11.3 Å². The number of carbonyl (C=O) groups is 1. The van der Waals surface area contributed by atoms with E-state index in [4.69, 9.17) is 9.47 Å². The smallest absolute Gasteiger partial charge is 0.243 e. The fraction of sp³-hybridized carbons (Fsp3) is 0.240. The largest absolute Gasteiger partial charge is 0.493 e. The maximum Gasteiger partial charge on any atom is 0.243 e. The lowest BCUT2D eigenvalue weighted by Crippen LogP contribution is -2.42. The number of ether oxygens (including phenoxy) is 2. The van der Waals surface area contributed by atoms with Crippen LogP contribution >= 0.6 is 0 Å². The second kappa shape index (κ2) is 11.0. The first-order valence-electron chi connectivity index (χ1n) is 10.4. The SMILES string of the molecule is COc1ccc(S(=O)(=O)N(CCc2ccccc2)CC(=O)N(C)c2ccccc2)cc1OC. The van der Waals surface area contributed by atoms with Crippen LogP contribution in [0.3, 0.4) is 0 Å². The molecule has 8 heteroatoms. The van der Waals surface area contributed by atoms with E-state index in [-0.39, 0.29) is 23.9 Å². The highest BCUT2D eigenvalue weighted by atomic mass is 32.2. The Labute approximate surface area is 195 Å². The van der Waals surface area contributed by atoms with Gasteiger partial charge >= 0.3 is 0 Å². The predicted octanol–water partition coefficient (Wildman–Crippen LogP) is 3.60. The van der Waals surface area contributed by atoms with Gasteiger partial charge in [-0.25, -0.2) is 8.42 Å². The molecular formula is C25H28N2O5S. The molecule has 0 aliphatic heterocycles. The monoisotopic (exact) mass is 468 g/mol. The number of para-hydroxylation sites is 1. The third kappa shape index (κ3) is 5.91. The molecule has 0 aliphatic rings. The Morgan fingerprint density at radius 3 is 2.06 bits per heavy atom. The highest BCUT2D eigenvalue weighted by molar-refractivity contribution is 7.89. The summed E-state index contributed by atoms with van der Waals surface area (Å²) in [5.41, 5.74) is 1.67. The van der Waals surface area contributed by atoms with Gasteiger partial charge in [0, 0.05) is 25.3 Å². The van der Waals surface area contributed by atoms with Gasteiger partial charge in [0.25, 0.3) is 0 Å². The van der Waals surface area contributed by atoms with E-state index >= 15 is 0 Å². The molecule has 33 heavy (non-hydrogen) atoms. The number of benzene rings is 3. The molecule has 0 spiro atoms. The molecular weight excluding hydrogens is 440 g/mol. The van der Waals surface area contributed by atoms with Gasteiger partial charge in [0.2, 0.25) is 15.9 Å². The van der Waals surface area contributed by atoms with Crippen molar-refractivity contribution in [1.82, 2.24) is 4.31 Å². The second-order valence-electron chi connectivity index (χ2n) is 7.38. The Hall–Kier alpha value is -3.36. The number of nitrogens with zero attached hydrogens (tertiary/aromatic N) is 2. The number of carbonyl (C=O) groups excluding carboxylic acids is 1. The van der Waals surface area contributed by atoms with Gasteiger partial charge < -0.3 is 14.4 Å². The van der Waals surface area contributed by atoms with Crippen LogP contribution in [0.4, 0.5) is 5.69 Å². The number of anilines is 1.